The topological polar surface area (TPSA) is 100 Å². The molecule has 1 fully saturated rings. The van der Waals surface area contributed by atoms with Gasteiger partial charge < -0.3 is 19.3 Å². The van der Waals surface area contributed by atoms with Crippen molar-refractivity contribution < 1.29 is 14.7 Å². The van der Waals surface area contributed by atoms with Crippen molar-refractivity contribution in [3.8, 4) is 23.2 Å². The van der Waals surface area contributed by atoms with Crippen molar-refractivity contribution in [3.05, 3.63) is 89.4 Å². The van der Waals surface area contributed by atoms with Crippen molar-refractivity contribution in [2.75, 3.05) is 19.7 Å². The van der Waals surface area contributed by atoms with Crippen LogP contribution in [0.15, 0.2) is 65.6 Å². The van der Waals surface area contributed by atoms with E-state index in [0.29, 0.717) is 24.0 Å². The zero-order valence-electron chi connectivity index (χ0n) is 19.5. The molecule has 0 spiro atoms. The Kier molecular flexibility index (Phi) is 6.73. The number of aliphatic hydroxyl groups excluding tert-OH is 2. The summed E-state index contributed by atoms with van der Waals surface area (Å²) in [5, 5.41) is 23.1. The smallest absolute Gasteiger partial charge is 0.167 e. The van der Waals surface area contributed by atoms with Crippen LogP contribution in [0.3, 0.4) is 0 Å². The highest BCUT2D eigenvalue weighted by molar-refractivity contribution is 5.59. The quantitative estimate of drug-likeness (QED) is 0.402. The molecule has 4 aromatic rings. The SMILES string of the molecule is C[C@H](O)c1nccn1Cc1cc(-c2ccc(C#Cc3ccc(CN4CC(CO)C4)nc3)cc2)on1. The first-order valence-electron chi connectivity index (χ1n) is 11.6. The van der Waals surface area contributed by atoms with Crippen molar-refractivity contribution >= 4 is 0 Å². The number of rotatable bonds is 7. The van der Waals surface area contributed by atoms with Gasteiger partial charge in [-0.05, 0) is 43.3 Å². The lowest BCUT2D eigenvalue weighted by Gasteiger charge is -2.37. The lowest BCUT2D eigenvalue weighted by Crippen LogP contribution is -2.47. The fraction of sp³-hybridized carbons (Fsp3) is 0.296. The fourth-order valence-electron chi connectivity index (χ4n) is 4.12. The summed E-state index contributed by atoms with van der Waals surface area (Å²) in [6.45, 7) is 5.09. The minimum absolute atomic E-state index is 0.261. The molecule has 0 aliphatic carbocycles. The Hall–Kier alpha value is -3.77. The van der Waals surface area contributed by atoms with Gasteiger partial charge in [-0.1, -0.05) is 17.0 Å². The number of likely N-dealkylation sites (tertiary alicyclic amines) is 1. The minimum Gasteiger partial charge on any atom is -0.396 e. The van der Waals surface area contributed by atoms with Gasteiger partial charge in [-0.2, -0.15) is 0 Å². The fourth-order valence-corrected chi connectivity index (χ4v) is 4.12. The summed E-state index contributed by atoms with van der Waals surface area (Å²) < 4.78 is 7.38. The first kappa shape index (κ1) is 23.0. The van der Waals surface area contributed by atoms with Gasteiger partial charge in [-0.3, -0.25) is 9.88 Å². The molecule has 8 heteroatoms. The van der Waals surface area contributed by atoms with Gasteiger partial charge in [0.2, 0.25) is 0 Å². The van der Waals surface area contributed by atoms with Gasteiger partial charge in [0.15, 0.2) is 5.76 Å². The van der Waals surface area contributed by atoms with Crippen molar-refractivity contribution in [1.82, 2.24) is 24.6 Å². The summed E-state index contributed by atoms with van der Waals surface area (Å²) in [5.41, 5.74) is 4.44. The summed E-state index contributed by atoms with van der Waals surface area (Å²) in [5.74, 6) is 8.01. The normalized spacial score (nSPS) is 14.8. The molecule has 8 nitrogen and oxygen atoms in total. The second-order valence-corrected chi connectivity index (χ2v) is 8.88. The maximum absolute atomic E-state index is 9.82. The molecule has 5 rings (SSSR count). The van der Waals surface area contributed by atoms with Gasteiger partial charge in [0.25, 0.3) is 0 Å². The number of hydrogen-bond donors (Lipinski definition) is 2. The first-order valence-corrected chi connectivity index (χ1v) is 11.6. The molecule has 0 amide bonds. The van der Waals surface area contributed by atoms with E-state index in [2.05, 4.69) is 31.9 Å². The Morgan fingerprint density at radius 3 is 2.51 bits per heavy atom. The van der Waals surface area contributed by atoms with E-state index in [1.165, 1.54) is 0 Å². The molecule has 0 radical (unpaired) electrons. The lowest BCUT2D eigenvalue weighted by molar-refractivity contribution is 0.0470. The number of aliphatic hydroxyl groups is 2. The van der Waals surface area contributed by atoms with Crippen LogP contribution >= 0.6 is 0 Å². The van der Waals surface area contributed by atoms with Gasteiger partial charge in [-0.25, -0.2) is 4.98 Å². The second-order valence-electron chi connectivity index (χ2n) is 8.88. The maximum Gasteiger partial charge on any atom is 0.167 e. The Morgan fingerprint density at radius 1 is 1.03 bits per heavy atom. The summed E-state index contributed by atoms with van der Waals surface area (Å²) in [7, 11) is 0. The van der Waals surface area contributed by atoms with Crippen LogP contribution in [0.25, 0.3) is 11.3 Å². The lowest BCUT2D eigenvalue weighted by atomic mass is 10.0. The second kappa shape index (κ2) is 10.2. The predicted octanol–water partition coefficient (Wildman–Crippen LogP) is 2.86. The third-order valence-electron chi connectivity index (χ3n) is 6.03. The zero-order valence-corrected chi connectivity index (χ0v) is 19.5. The summed E-state index contributed by atoms with van der Waals surface area (Å²) in [4.78, 5) is 11.0. The highest BCUT2D eigenvalue weighted by Gasteiger charge is 2.25. The van der Waals surface area contributed by atoms with Crippen LogP contribution in [0.5, 0.6) is 0 Å². The third-order valence-corrected chi connectivity index (χ3v) is 6.03. The summed E-state index contributed by atoms with van der Waals surface area (Å²) >= 11 is 0. The number of nitrogens with zero attached hydrogens (tertiary/aromatic N) is 5. The van der Waals surface area contributed by atoms with Crippen molar-refractivity contribution in [1.29, 1.82) is 0 Å². The highest BCUT2D eigenvalue weighted by atomic mass is 16.5. The molecule has 0 bridgehead atoms. The molecule has 2 N–H and O–H groups in total. The summed E-state index contributed by atoms with van der Waals surface area (Å²) in [6, 6.07) is 13.7. The number of benzene rings is 1. The van der Waals surface area contributed by atoms with Gasteiger partial charge >= 0.3 is 0 Å². The Balaban J connectivity index is 1.19. The standard InChI is InChI=1S/C27H27N5O3/c1-19(34)27-28-10-11-32(27)17-25-12-26(35-30-25)23-7-4-20(5-8-23)2-3-21-6-9-24(29-13-21)16-31-14-22(15-31)18-33/h4-13,19,22,33-34H,14-18H2,1H3/t19-/m0/s1. The molecule has 0 unspecified atom stereocenters. The molecular formula is C27H27N5O3. The Bertz CT molecular complexity index is 1320. The molecule has 3 aromatic heterocycles. The molecule has 1 atom stereocenters. The van der Waals surface area contributed by atoms with Crippen molar-refractivity contribution in [2.24, 2.45) is 5.92 Å². The average Bonchev–Trinajstić information content (AvgIpc) is 3.51. The minimum atomic E-state index is -0.649. The van der Waals surface area contributed by atoms with Gasteiger partial charge in [-0.15, -0.1) is 0 Å². The van der Waals surface area contributed by atoms with Crippen LogP contribution in [0.1, 0.15) is 41.4 Å². The van der Waals surface area contributed by atoms with E-state index in [4.69, 9.17) is 9.63 Å². The van der Waals surface area contributed by atoms with Crippen LogP contribution in [0.2, 0.25) is 0 Å². The number of pyridine rings is 1. The Labute approximate surface area is 203 Å². The molecule has 4 heterocycles. The molecular weight excluding hydrogens is 442 g/mol. The maximum atomic E-state index is 9.82. The number of aromatic nitrogens is 4. The van der Waals surface area contributed by atoms with E-state index in [1.807, 2.05) is 53.2 Å². The molecule has 0 saturated carbocycles. The van der Waals surface area contributed by atoms with Crippen LogP contribution < -0.4 is 0 Å². The van der Waals surface area contributed by atoms with Crippen molar-refractivity contribution in [2.45, 2.75) is 26.1 Å². The van der Waals surface area contributed by atoms with E-state index < -0.39 is 6.10 Å². The van der Waals surface area contributed by atoms with Gasteiger partial charge in [0.1, 0.15) is 17.6 Å². The van der Waals surface area contributed by atoms with Crippen LogP contribution in [-0.2, 0) is 13.1 Å². The van der Waals surface area contributed by atoms with E-state index in [-0.39, 0.29) is 6.61 Å². The molecule has 1 aromatic carbocycles. The van der Waals surface area contributed by atoms with Gasteiger partial charge in [0.05, 0.1) is 12.2 Å². The predicted molar refractivity (Wildman–Crippen MR) is 130 cm³/mol. The molecule has 35 heavy (non-hydrogen) atoms. The number of imidazole rings is 1. The Morgan fingerprint density at radius 2 is 1.80 bits per heavy atom. The van der Waals surface area contributed by atoms with E-state index in [1.54, 1.807) is 19.3 Å². The third kappa shape index (κ3) is 5.49. The van der Waals surface area contributed by atoms with Gasteiger partial charge in [0, 0.05) is 73.5 Å². The van der Waals surface area contributed by atoms with Crippen LogP contribution in [0, 0.1) is 17.8 Å². The van der Waals surface area contributed by atoms with E-state index >= 15 is 0 Å². The number of hydrogen-bond acceptors (Lipinski definition) is 7. The van der Waals surface area contributed by atoms with Crippen LogP contribution in [-0.4, -0.2) is 54.5 Å². The zero-order chi connectivity index (χ0) is 24.2. The first-order chi connectivity index (χ1) is 17.1. The van der Waals surface area contributed by atoms with E-state index in [9.17, 15) is 5.11 Å². The van der Waals surface area contributed by atoms with E-state index in [0.717, 1.165) is 47.7 Å². The molecule has 178 valence electrons. The van der Waals surface area contributed by atoms with Crippen molar-refractivity contribution in [3.63, 3.8) is 0 Å². The average molecular weight is 470 g/mol. The van der Waals surface area contributed by atoms with Crippen LogP contribution in [0.4, 0.5) is 0 Å². The highest BCUT2D eigenvalue weighted by Crippen LogP contribution is 2.22. The largest absolute Gasteiger partial charge is 0.396 e. The monoisotopic (exact) mass is 469 g/mol. The summed E-state index contributed by atoms with van der Waals surface area (Å²) in [6.07, 6.45) is 4.63. The molecule has 1 aliphatic rings. The molecule has 1 saturated heterocycles. The molecule has 1 aliphatic heterocycles.